The lowest BCUT2D eigenvalue weighted by molar-refractivity contribution is 0.119. The van der Waals surface area contributed by atoms with Crippen molar-refractivity contribution < 1.29 is 9.13 Å². The molecule has 0 aromatic carbocycles. The summed E-state index contributed by atoms with van der Waals surface area (Å²) >= 11 is 0. The van der Waals surface area contributed by atoms with Crippen LogP contribution in [0.2, 0.25) is 0 Å². The van der Waals surface area contributed by atoms with Gasteiger partial charge in [-0.2, -0.15) is 0 Å². The lowest BCUT2D eigenvalue weighted by Crippen LogP contribution is -2.32. The third kappa shape index (κ3) is 4.24. The fourth-order valence-corrected chi connectivity index (χ4v) is 1.45. The molecule has 0 fully saturated rings. The maximum absolute atomic E-state index is 12.8. The average molecular weight is 226 g/mol. The standard InChI is InChI=1S/C12H19FN2O/c1-4-16-8-12(15-9(2)3)11-6-5-10(13)7-14-11/h5-7,9,12,15H,4,8H2,1-3H3. The second-order valence-corrected chi connectivity index (χ2v) is 3.93. The summed E-state index contributed by atoms with van der Waals surface area (Å²) in [6.07, 6.45) is 1.23. The van der Waals surface area contributed by atoms with Crippen LogP contribution in [0.3, 0.4) is 0 Å². The van der Waals surface area contributed by atoms with Gasteiger partial charge in [-0.25, -0.2) is 4.39 Å². The third-order valence-electron chi connectivity index (χ3n) is 2.13. The van der Waals surface area contributed by atoms with Crippen molar-refractivity contribution in [3.63, 3.8) is 0 Å². The Labute approximate surface area is 96.0 Å². The monoisotopic (exact) mass is 226 g/mol. The largest absolute Gasteiger partial charge is 0.380 e. The molecule has 4 heteroatoms. The predicted molar refractivity (Wildman–Crippen MR) is 61.7 cm³/mol. The van der Waals surface area contributed by atoms with Gasteiger partial charge in [-0.3, -0.25) is 4.98 Å². The Morgan fingerprint density at radius 2 is 2.19 bits per heavy atom. The Kier molecular flexibility index (Phi) is 5.35. The van der Waals surface area contributed by atoms with E-state index in [2.05, 4.69) is 24.1 Å². The van der Waals surface area contributed by atoms with Gasteiger partial charge in [-0.15, -0.1) is 0 Å². The van der Waals surface area contributed by atoms with Crippen LogP contribution in [0.5, 0.6) is 0 Å². The van der Waals surface area contributed by atoms with Gasteiger partial charge < -0.3 is 10.1 Å². The van der Waals surface area contributed by atoms with Crippen LogP contribution in [0, 0.1) is 5.82 Å². The molecule has 1 heterocycles. The van der Waals surface area contributed by atoms with E-state index in [-0.39, 0.29) is 11.9 Å². The molecule has 1 aromatic heterocycles. The number of nitrogens with zero attached hydrogens (tertiary/aromatic N) is 1. The van der Waals surface area contributed by atoms with E-state index in [0.717, 1.165) is 5.69 Å². The van der Waals surface area contributed by atoms with Crippen molar-refractivity contribution in [2.45, 2.75) is 32.9 Å². The Bertz CT molecular complexity index is 300. The molecule has 1 atom stereocenters. The van der Waals surface area contributed by atoms with E-state index in [9.17, 15) is 4.39 Å². The number of hydrogen-bond acceptors (Lipinski definition) is 3. The minimum Gasteiger partial charge on any atom is -0.380 e. The smallest absolute Gasteiger partial charge is 0.141 e. The van der Waals surface area contributed by atoms with Crippen molar-refractivity contribution in [2.24, 2.45) is 0 Å². The first-order valence-corrected chi connectivity index (χ1v) is 5.58. The fraction of sp³-hybridized carbons (Fsp3) is 0.583. The number of halogens is 1. The van der Waals surface area contributed by atoms with Gasteiger partial charge in [0, 0.05) is 12.6 Å². The molecular weight excluding hydrogens is 207 g/mol. The van der Waals surface area contributed by atoms with E-state index in [1.807, 2.05) is 6.92 Å². The molecule has 0 spiro atoms. The van der Waals surface area contributed by atoms with E-state index in [1.54, 1.807) is 6.07 Å². The molecule has 0 saturated heterocycles. The summed E-state index contributed by atoms with van der Waals surface area (Å²) in [5, 5.41) is 3.34. The Morgan fingerprint density at radius 1 is 1.44 bits per heavy atom. The van der Waals surface area contributed by atoms with Crippen molar-refractivity contribution >= 4 is 0 Å². The zero-order chi connectivity index (χ0) is 12.0. The first-order valence-electron chi connectivity index (χ1n) is 5.58. The summed E-state index contributed by atoms with van der Waals surface area (Å²) < 4.78 is 18.1. The summed E-state index contributed by atoms with van der Waals surface area (Å²) in [7, 11) is 0. The first kappa shape index (κ1) is 13.1. The highest BCUT2D eigenvalue weighted by atomic mass is 19.1. The number of pyridine rings is 1. The van der Waals surface area contributed by atoms with E-state index in [4.69, 9.17) is 4.74 Å². The SMILES string of the molecule is CCOCC(NC(C)C)c1ccc(F)cn1. The van der Waals surface area contributed by atoms with Crippen molar-refractivity contribution in [1.82, 2.24) is 10.3 Å². The Balaban J connectivity index is 2.70. The molecule has 90 valence electrons. The van der Waals surface area contributed by atoms with Gasteiger partial charge in [0.25, 0.3) is 0 Å². The first-order chi connectivity index (χ1) is 7.63. The highest BCUT2D eigenvalue weighted by molar-refractivity contribution is 5.10. The molecule has 0 amide bonds. The van der Waals surface area contributed by atoms with Crippen molar-refractivity contribution in [3.05, 3.63) is 29.8 Å². The molecule has 1 rings (SSSR count). The lowest BCUT2D eigenvalue weighted by Gasteiger charge is -2.20. The highest BCUT2D eigenvalue weighted by Crippen LogP contribution is 2.12. The number of ether oxygens (including phenoxy) is 1. The summed E-state index contributed by atoms with van der Waals surface area (Å²) in [6, 6.07) is 3.45. The van der Waals surface area contributed by atoms with Gasteiger partial charge >= 0.3 is 0 Å². The number of rotatable bonds is 6. The van der Waals surface area contributed by atoms with Gasteiger partial charge in [-0.1, -0.05) is 13.8 Å². The Hall–Kier alpha value is -1.00. The molecular formula is C12H19FN2O. The zero-order valence-electron chi connectivity index (χ0n) is 10.0. The summed E-state index contributed by atoms with van der Waals surface area (Å²) in [5.41, 5.74) is 0.809. The molecule has 0 aliphatic rings. The molecule has 0 aliphatic heterocycles. The van der Waals surface area contributed by atoms with Crippen molar-refractivity contribution in [2.75, 3.05) is 13.2 Å². The maximum Gasteiger partial charge on any atom is 0.141 e. The van der Waals surface area contributed by atoms with Crippen LogP contribution >= 0.6 is 0 Å². The van der Waals surface area contributed by atoms with Crippen LogP contribution in [0.4, 0.5) is 4.39 Å². The van der Waals surface area contributed by atoms with Gasteiger partial charge in [-0.05, 0) is 19.1 Å². The third-order valence-corrected chi connectivity index (χ3v) is 2.13. The van der Waals surface area contributed by atoms with Crippen LogP contribution in [-0.2, 0) is 4.74 Å². The zero-order valence-corrected chi connectivity index (χ0v) is 10.0. The number of aromatic nitrogens is 1. The molecule has 1 N–H and O–H groups in total. The van der Waals surface area contributed by atoms with Crippen molar-refractivity contribution in [3.8, 4) is 0 Å². The second kappa shape index (κ2) is 6.55. The second-order valence-electron chi connectivity index (χ2n) is 3.93. The quantitative estimate of drug-likeness (QED) is 0.808. The minimum atomic E-state index is -0.316. The van der Waals surface area contributed by atoms with Gasteiger partial charge in [0.1, 0.15) is 5.82 Å². The molecule has 0 aliphatic carbocycles. The topological polar surface area (TPSA) is 34.1 Å². The van der Waals surface area contributed by atoms with E-state index in [1.165, 1.54) is 12.3 Å². The minimum absolute atomic E-state index is 0.0144. The van der Waals surface area contributed by atoms with E-state index in [0.29, 0.717) is 19.3 Å². The lowest BCUT2D eigenvalue weighted by atomic mass is 10.2. The fourth-order valence-electron chi connectivity index (χ4n) is 1.45. The number of nitrogens with one attached hydrogen (secondary N) is 1. The predicted octanol–water partition coefficient (Wildman–Crippen LogP) is 2.30. The van der Waals surface area contributed by atoms with Crippen LogP contribution in [0.25, 0.3) is 0 Å². The van der Waals surface area contributed by atoms with Crippen LogP contribution in [0.1, 0.15) is 32.5 Å². The molecule has 0 radical (unpaired) electrons. The van der Waals surface area contributed by atoms with Crippen LogP contribution in [-0.4, -0.2) is 24.2 Å². The molecule has 0 saturated carbocycles. The molecule has 1 unspecified atom stereocenters. The van der Waals surface area contributed by atoms with E-state index < -0.39 is 0 Å². The van der Waals surface area contributed by atoms with Gasteiger partial charge in [0.05, 0.1) is 24.5 Å². The maximum atomic E-state index is 12.8. The van der Waals surface area contributed by atoms with E-state index >= 15 is 0 Å². The highest BCUT2D eigenvalue weighted by Gasteiger charge is 2.13. The molecule has 1 aromatic rings. The van der Waals surface area contributed by atoms with Crippen LogP contribution < -0.4 is 5.32 Å². The molecule has 3 nitrogen and oxygen atoms in total. The normalized spacial score (nSPS) is 13.1. The summed E-state index contributed by atoms with van der Waals surface area (Å²) in [6.45, 7) is 7.28. The van der Waals surface area contributed by atoms with Gasteiger partial charge in [0.2, 0.25) is 0 Å². The van der Waals surface area contributed by atoms with Gasteiger partial charge in [0.15, 0.2) is 0 Å². The summed E-state index contributed by atoms with van der Waals surface area (Å²) in [4.78, 5) is 4.07. The van der Waals surface area contributed by atoms with Crippen LogP contribution in [0.15, 0.2) is 18.3 Å². The molecule has 16 heavy (non-hydrogen) atoms. The number of hydrogen-bond donors (Lipinski definition) is 1. The summed E-state index contributed by atoms with van der Waals surface area (Å²) in [5.74, 6) is -0.316. The van der Waals surface area contributed by atoms with Crippen molar-refractivity contribution in [1.29, 1.82) is 0 Å². The molecule has 0 bridgehead atoms. The average Bonchev–Trinajstić information content (AvgIpc) is 2.25. The Morgan fingerprint density at radius 3 is 2.69 bits per heavy atom.